The van der Waals surface area contributed by atoms with Crippen LogP contribution in [0.3, 0.4) is 0 Å². The molecule has 156 valence electrons. The van der Waals surface area contributed by atoms with Crippen molar-refractivity contribution in [3.8, 4) is 0 Å². The van der Waals surface area contributed by atoms with Gasteiger partial charge in [0, 0.05) is 31.1 Å². The number of carbonyl (C=O) groups excluding carboxylic acids is 1. The number of aromatic nitrogens is 2. The Kier molecular flexibility index (Phi) is 5.06. The molecule has 0 N–H and O–H groups in total. The van der Waals surface area contributed by atoms with Crippen LogP contribution in [0, 0.1) is 13.8 Å². The van der Waals surface area contributed by atoms with Crippen LogP contribution in [-0.2, 0) is 17.8 Å². The van der Waals surface area contributed by atoms with Crippen LogP contribution in [-0.4, -0.2) is 22.0 Å². The van der Waals surface area contributed by atoms with Gasteiger partial charge in [-0.3, -0.25) is 4.79 Å². The molecule has 0 spiro atoms. The first-order valence-electron chi connectivity index (χ1n) is 11.0. The van der Waals surface area contributed by atoms with Crippen molar-refractivity contribution in [2.45, 2.75) is 39.2 Å². The minimum Gasteiger partial charge on any atom is -0.327 e. The van der Waals surface area contributed by atoms with Gasteiger partial charge in [0.1, 0.15) is 5.82 Å². The first-order chi connectivity index (χ1) is 15.1. The number of fused-ring (bicyclic) bond motifs is 1. The van der Waals surface area contributed by atoms with Gasteiger partial charge < -0.3 is 9.47 Å². The van der Waals surface area contributed by atoms with Crippen LogP contribution in [0.1, 0.15) is 34.9 Å². The first-order valence-corrected chi connectivity index (χ1v) is 11.0. The van der Waals surface area contributed by atoms with Crippen molar-refractivity contribution in [3.05, 3.63) is 95.3 Å². The second kappa shape index (κ2) is 8.03. The van der Waals surface area contributed by atoms with Gasteiger partial charge >= 0.3 is 0 Å². The fourth-order valence-corrected chi connectivity index (χ4v) is 4.75. The fraction of sp³-hybridized carbons (Fsp3) is 0.259. The summed E-state index contributed by atoms with van der Waals surface area (Å²) in [6.07, 6.45) is 1.44. The van der Waals surface area contributed by atoms with Gasteiger partial charge in [0.05, 0.1) is 11.0 Å². The third-order valence-corrected chi connectivity index (χ3v) is 6.28. The smallest absolute Gasteiger partial charge is 0.227 e. The molecule has 0 saturated carbocycles. The van der Waals surface area contributed by atoms with E-state index < -0.39 is 0 Å². The predicted molar refractivity (Wildman–Crippen MR) is 126 cm³/mol. The van der Waals surface area contributed by atoms with E-state index in [0.29, 0.717) is 13.0 Å². The molecule has 1 unspecified atom stereocenters. The Morgan fingerprint density at radius 2 is 1.74 bits per heavy atom. The fourth-order valence-electron chi connectivity index (χ4n) is 4.75. The number of aryl methyl sites for hydroxylation is 4. The number of carbonyl (C=O) groups is 1. The zero-order valence-corrected chi connectivity index (χ0v) is 18.1. The lowest BCUT2D eigenvalue weighted by atomic mass is 10.1. The van der Waals surface area contributed by atoms with Crippen LogP contribution >= 0.6 is 0 Å². The molecular formula is C27H27N3O. The largest absolute Gasteiger partial charge is 0.327 e. The Labute approximate surface area is 183 Å². The van der Waals surface area contributed by atoms with E-state index in [1.807, 2.05) is 17.0 Å². The molecule has 3 aromatic carbocycles. The van der Waals surface area contributed by atoms with Gasteiger partial charge in [0.15, 0.2) is 0 Å². The average Bonchev–Trinajstić information content (AvgIpc) is 3.33. The van der Waals surface area contributed by atoms with Crippen LogP contribution in [0.5, 0.6) is 0 Å². The predicted octanol–water partition coefficient (Wildman–Crippen LogP) is 5.42. The number of hydrogen-bond acceptors (Lipinski definition) is 2. The third-order valence-electron chi connectivity index (χ3n) is 6.28. The van der Waals surface area contributed by atoms with Crippen molar-refractivity contribution in [2.24, 2.45) is 0 Å². The standard InChI is InChI=1S/C27H27N3O/c1-19-12-13-24(20(2)16-19)30-18-22(17-26(30)31)27-28-23-10-6-7-11-25(23)29(27)15-14-21-8-4-3-5-9-21/h3-13,16,22H,14-15,17-18H2,1-2H3. The first kappa shape index (κ1) is 19.6. The lowest BCUT2D eigenvalue weighted by Crippen LogP contribution is -2.25. The second-order valence-electron chi connectivity index (χ2n) is 8.54. The van der Waals surface area contributed by atoms with Crippen molar-refractivity contribution in [3.63, 3.8) is 0 Å². The molecule has 0 bridgehead atoms. The van der Waals surface area contributed by atoms with Gasteiger partial charge in [-0.05, 0) is 49.6 Å². The number of hydrogen-bond donors (Lipinski definition) is 0. The van der Waals surface area contributed by atoms with E-state index in [9.17, 15) is 4.79 Å². The molecule has 0 aliphatic carbocycles. The molecule has 0 radical (unpaired) electrons. The van der Waals surface area contributed by atoms with Crippen LogP contribution in [0.25, 0.3) is 11.0 Å². The molecule has 1 fully saturated rings. The van der Waals surface area contributed by atoms with E-state index in [0.717, 1.165) is 41.1 Å². The molecule has 5 rings (SSSR count). The summed E-state index contributed by atoms with van der Waals surface area (Å²) in [6.45, 7) is 5.70. The molecule has 1 saturated heterocycles. The van der Waals surface area contributed by atoms with Crippen molar-refractivity contribution < 1.29 is 4.79 Å². The molecule has 2 heterocycles. The summed E-state index contributed by atoms with van der Waals surface area (Å²) in [6, 6.07) is 25.1. The van der Waals surface area contributed by atoms with Crippen molar-refractivity contribution in [1.29, 1.82) is 0 Å². The van der Waals surface area contributed by atoms with E-state index in [1.165, 1.54) is 11.1 Å². The lowest BCUT2D eigenvalue weighted by molar-refractivity contribution is -0.117. The number of imidazole rings is 1. The van der Waals surface area contributed by atoms with E-state index >= 15 is 0 Å². The zero-order chi connectivity index (χ0) is 21.4. The summed E-state index contributed by atoms with van der Waals surface area (Å²) in [5.74, 6) is 1.30. The summed E-state index contributed by atoms with van der Waals surface area (Å²) >= 11 is 0. The highest BCUT2D eigenvalue weighted by molar-refractivity contribution is 5.97. The minimum atomic E-state index is 0.0939. The summed E-state index contributed by atoms with van der Waals surface area (Å²) < 4.78 is 2.33. The van der Waals surface area contributed by atoms with Crippen LogP contribution < -0.4 is 4.90 Å². The third kappa shape index (κ3) is 3.74. The van der Waals surface area contributed by atoms with Gasteiger partial charge in [-0.25, -0.2) is 4.98 Å². The molecule has 1 aliphatic heterocycles. The average molecular weight is 410 g/mol. The number of rotatable bonds is 5. The summed E-state index contributed by atoms with van der Waals surface area (Å²) in [4.78, 5) is 19.9. The van der Waals surface area contributed by atoms with Crippen LogP contribution in [0.2, 0.25) is 0 Å². The van der Waals surface area contributed by atoms with Crippen LogP contribution in [0.4, 0.5) is 5.69 Å². The number of amides is 1. The minimum absolute atomic E-state index is 0.0939. The molecule has 1 atom stereocenters. The van der Waals surface area contributed by atoms with E-state index in [-0.39, 0.29) is 11.8 Å². The molecule has 1 amide bonds. The van der Waals surface area contributed by atoms with Crippen molar-refractivity contribution in [2.75, 3.05) is 11.4 Å². The Balaban J connectivity index is 1.47. The van der Waals surface area contributed by atoms with Gasteiger partial charge in [0.25, 0.3) is 0 Å². The number of para-hydroxylation sites is 2. The highest BCUT2D eigenvalue weighted by Gasteiger charge is 2.35. The van der Waals surface area contributed by atoms with Crippen molar-refractivity contribution in [1.82, 2.24) is 9.55 Å². The summed E-state index contributed by atoms with van der Waals surface area (Å²) in [5.41, 5.74) is 6.84. The maximum absolute atomic E-state index is 13.0. The number of anilines is 1. The molecule has 31 heavy (non-hydrogen) atoms. The van der Waals surface area contributed by atoms with Gasteiger partial charge in [0.2, 0.25) is 5.91 Å². The highest BCUT2D eigenvalue weighted by Crippen LogP contribution is 2.34. The number of nitrogens with zero attached hydrogens (tertiary/aromatic N) is 3. The van der Waals surface area contributed by atoms with E-state index in [1.54, 1.807) is 0 Å². The number of benzene rings is 3. The Morgan fingerprint density at radius 3 is 2.55 bits per heavy atom. The molecule has 1 aliphatic rings. The molecule has 4 heteroatoms. The normalized spacial score (nSPS) is 16.4. The Morgan fingerprint density at radius 1 is 0.968 bits per heavy atom. The summed E-state index contributed by atoms with van der Waals surface area (Å²) in [7, 11) is 0. The molecule has 4 nitrogen and oxygen atoms in total. The van der Waals surface area contributed by atoms with Crippen molar-refractivity contribution >= 4 is 22.6 Å². The maximum atomic E-state index is 13.0. The summed E-state index contributed by atoms with van der Waals surface area (Å²) in [5, 5.41) is 0. The van der Waals surface area contributed by atoms with Gasteiger partial charge in [-0.1, -0.05) is 60.2 Å². The Hall–Kier alpha value is -3.40. The topological polar surface area (TPSA) is 38.1 Å². The SMILES string of the molecule is Cc1ccc(N2CC(c3nc4ccccc4n3CCc3ccccc3)CC2=O)c(C)c1. The second-order valence-corrected chi connectivity index (χ2v) is 8.54. The maximum Gasteiger partial charge on any atom is 0.227 e. The van der Waals surface area contributed by atoms with Gasteiger partial charge in [-0.2, -0.15) is 0 Å². The van der Waals surface area contributed by atoms with E-state index in [4.69, 9.17) is 4.98 Å². The molecule has 4 aromatic rings. The molecule has 1 aromatic heterocycles. The Bertz CT molecular complexity index is 1240. The van der Waals surface area contributed by atoms with Gasteiger partial charge in [-0.15, -0.1) is 0 Å². The highest BCUT2D eigenvalue weighted by atomic mass is 16.2. The monoisotopic (exact) mass is 409 g/mol. The lowest BCUT2D eigenvalue weighted by Gasteiger charge is -2.20. The van der Waals surface area contributed by atoms with Crippen LogP contribution in [0.15, 0.2) is 72.8 Å². The molecular weight excluding hydrogens is 382 g/mol. The zero-order valence-electron chi connectivity index (χ0n) is 18.1. The van der Waals surface area contributed by atoms with E-state index in [2.05, 4.69) is 79.1 Å². The quantitative estimate of drug-likeness (QED) is 0.442.